The maximum absolute atomic E-state index is 13.0. The van der Waals surface area contributed by atoms with E-state index in [1.165, 1.54) is 0 Å². The summed E-state index contributed by atoms with van der Waals surface area (Å²) in [6, 6.07) is 5.58. The van der Waals surface area contributed by atoms with Crippen LogP contribution in [0, 0.1) is 13.8 Å². The molecule has 6 nitrogen and oxygen atoms in total. The molecule has 0 aliphatic rings. The van der Waals surface area contributed by atoms with Gasteiger partial charge in [0.25, 0.3) is 5.91 Å². The standard InChI is InChI=1S/C20H21N5O.C2H6/c1-13-9-14(2)11-16(10-13)20(26)25(4)15(3)18-19(24-8-7-23-18)17-12-21-5-6-22-17;1-2/h5-12,15H,1-4H3;1-2H3. The molecule has 0 aliphatic carbocycles. The molecule has 1 aromatic carbocycles. The van der Waals surface area contributed by atoms with Crippen LogP contribution in [0.1, 0.15) is 54.0 Å². The van der Waals surface area contributed by atoms with E-state index in [1.807, 2.05) is 46.8 Å². The summed E-state index contributed by atoms with van der Waals surface area (Å²) in [7, 11) is 1.78. The molecule has 0 fully saturated rings. The van der Waals surface area contributed by atoms with Crippen LogP contribution in [0.4, 0.5) is 0 Å². The van der Waals surface area contributed by atoms with Crippen LogP contribution >= 0.6 is 0 Å². The zero-order valence-corrected chi connectivity index (χ0v) is 17.3. The summed E-state index contributed by atoms with van der Waals surface area (Å²) < 4.78 is 0. The Morgan fingerprint density at radius 2 is 1.54 bits per heavy atom. The van der Waals surface area contributed by atoms with Crippen LogP contribution < -0.4 is 0 Å². The van der Waals surface area contributed by atoms with E-state index in [2.05, 4.69) is 26.0 Å². The first-order chi connectivity index (χ1) is 13.5. The third-order valence-corrected chi connectivity index (χ3v) is 4.30. The van der Waals surface area contributed by atoms with Crippen molar-refractivity contribution >= 4 is 5.91 Å². The van der Waals surface area contributed by atoms with Crippen LogP contribution in [-0.4, -0.2) is 37.8 Å². The molecule has 0 radical (unpaired) electrons. The zero-order valence-electron chi connectivity index (χ0n) is 17.3. The zero-order chi connectivity index (χ0) is 20.7. The second kappa shape index (κ2) is 9.69. The number of carbonyl (C=O) groups is 1. The van der Waals surface area contributed by atoms with Crippen molar-refractivity contribution < 1.29 is 4.79 Å². The van der Waals surface area contributed by atoms with Gasteiger partial charge in [-0.1, -0.05) is 31.0 Å². The van der Waals surface area contributed by atoms with Crippen LogP contribution in [-0.2, 0) is 0 Å². The van der Waals surface area contributed by atoms with Gasteiger partial charge in [0.1, 0.15) is 11.4 Å². The lowest BCUT2D eigenvalue weighted by Crippen LogP contribution is -2.30. The highest BCUT2D eigenvalue weighted by atomic mass is 16.2. The van der Waals surface area contributed by atoms with Crippen LogP contribution in [0.2, 0.25) is 0 Å². The number of nitrogens with zero attached hydrogens (tertiary/aromatic N) is 5. The second-order valence-electron chi connectivity index (χ2n) is 6.35. The summed E-state index contributed by atoms with van der Waals surface area (Å²) in [4.78, 5) is 31.9. The van der Waals surface area contributed by atoms with Gasteiger partial charge in [-0.05, 0) is 32.9 Å². The number of hydrogen-bond acceptors (Lipinski definition) is 5. The van der Waals surface area contributed by atoms with Gasteiger partial charge in [-0.15, -0.1) is 0 Å². The molecule has 0 saturated carbocycles. The number of aryl methyl sites for hydroxylation is 2. The summed E-state index contributed by atoms with van der Waals surface area (Å²) in [5.74, 6) is -0.0555. The molecule has 6 heteroatoms. The molecular weight excluding hydrogens is 350 g/mol. The summed E-state index contributed by atoms with van der Waals surface area (Å²) in [6.07, 6.45) is 8.11. The number of hydrogen-bond donors (Lipinski definition) is 0. The lowest BCUT2D eigenvalue weighted by molar-refractivity contribution is 0.0740. The fourth-order valence-corrected chi connectivity index (χ4v) is 2.93. The van der Waals surface area contributed by atoms with Crippen molar-refractivity contribution in [3.63, 3.8) is 0 Å². The number of rotatable bonds is 4. The lowest BCUT2D eigenvalue weighted by atomic mass is 10.0. The van der Waals surface area contributed by atoms with Crippen LogP contribution in [0.25, 0.3) is 11.4 Å². The van der Waals surface area contributed by atoms with E-state index in [0.717, 1.165) is 11.1 Å². The lowest BCUT2D eigenvalue weighted by Gasteiger charge is -2.26. The molecule has 0 N–H and O–H groups in total. The van der Waals surface area contributed by atoms with Gasteiger partial charge in [-0.3, -0.25) is 24.7 Å². The minimum atomic E-state index is -0.269. The molecule has 0 spiro atoms. The van der Waals surface area contributed by atoms with Crippen LogP contribution in [0.3, 0.4) is 0 Å². The van der Waals surface area contributed by atoms with Gasteiger partial charge in [-0.2, -0.15) is 0 Å². The molecule has 3 aromatic rings. The third kappa shape index (κ3) is 4.76. The maximum atomic E-state index is 13.0. The van der Waals surface area contributed by atoms with Crippen molar-refractivity contribution in [3.8, 4) is 11.4 Å². The first-order valence-corrected chi connectivity index (χ1v) is 9.40. The molecule has 2 aromatic heterocycles. The van der Waals surface area contributed by atoms with Gasteiger partial charge < -0.3 is 4.90 Å². The van der Waals surface area contributed by atoms with E-state index in [4.69, 9.17) is 0 Å². The van der Waals surface area contributed by atoms with Crippen molar-refractivity contribution in [2.45, 2.75) is 40.7 Å². The minimum absolute atomic E-state index is 0.0555. The Bertz CT molecular complexity index is 907. The molecule has 0 bridgehead atoms. The van der Waals surface area contributed by atoms with E-state index in [-0.39, 0.29) is 11.9 Å². The molecule has 1 atom stereocenters. The van der Waals surface area contributed by atoms with E-state index in [1.54, 1.807) is 42.9 Å². The Hall–Kier alpha value is -3.15. The van der Waals surface area contributed by atoms with Gasteiger partial charge >= 0.3 is 0 Å². The number of carbonyl (C=O) groups excluding carboxylic acids is 1. The molecular formula is C22H27N5O. The average Bonchev–Trinajstić information content (AvgIpc) is 2.73. The maximum Gasteiger partial charge on any atom is 0.254 e. The molecule has 3 rings (SSSR count). The average molecular weight is 377 g/mol. The highest BCUT2D eigenvalue weighted by Gasteiger charge is 2.24. The molecule has 1 unspecified atom stereocenters. The molecule has 28 heavy (non-hydrogen) atoms. The summed E-state index contributed by atoms with van der Waals surface area (Å²) in [6.45, 7) is 9.91. The molecule has 1 amide bonds. The highest BCUT2D eigenvalue weighted by Crippen LogP contribution is 2.26. The Morgan fingerprint density at radius 3 is 2.14 bits per heavy atom. The fourth-order valence-electron chi connectivity index (χ4n) is 2.93. The summed E-state index contributed by atoms with van der Waals surface area (Å²) in [5, 5.41) is 0. The summed E-state index contributed by atoms with van der Waals surface area (Å²) in [5.41, 5.74) is 4.75. The van der Waals surface area contributed by atoms with Gasteiger partial charge in [-0.25, -0.2) is 0 Å². The van der Waals surface area contributed by atoms with E-state index >= 15 is 0 Å². The molecule has 0 saturated heterocycles. The van der Waals surface area contributed by atoms with Crippen LogP contribution in [0.15, 0.2) is 49.2 Å². The quantitative estimate of drug-likeness (QED) is 0.673. The monoisotopic (exact) mass is 377 g/mol. The van der Waals surface area contributed by atoms with E-state index in [9.17, 15) is 4.79 Å². The number of amides is 1. The van der Waals surface area contributed by atoms with Gasteiger partial charge in [0.05, 0.1) is 17.9 Å². The number of benzene rings is 1. The highest BCUT2D eigenvalue weighted by molar-refractivity contribution is 5.94. The Labute approximate surface area is 166 Å². The minimum Gasteiger partial charge on any atom is -0.333 e. The van der Waals surface area contributed by atoms with Crippen molar-refractivity contribution in [2.75, 3.05) is 7.05 Å². The van der Waals surface area contributed by atoms with Crippen molar-refractivity contribution in [2.24, 2.45) is 0 Å². The van der Waals surface area contributed by atoms with Crippen molar-refractivity contribution in [1.82, 2.24) is 24.8 Å². The van der Waals surface area contributed by atoms with E-state index in [0.29, 0.717) is 22.6 Å². The van der Waals surface area contributed by atoms with E-state index < -0.39 is 0 Å². The molecule has 2 heterocycles. The van der Waals surface area contributed by atoms with Crippen molar-refractivity contribution in [1.29, 1.82) is 0 Å². The second-order valence-corrected chi connectivity index (χ2v) is 6.35. The van der Waals surface area contributed by atoms with Gasteiger partial charge in [0.15, 0.2) is 0 Å². The first-order valence-electron chi connectivity index (χ1n) is 9.40. The number of aromatic nitrogens is 4. The largest absolute Gasteiger partial charge is 0.333 e. The normalized spacial score (nSPS) is 11.2. The molecule has 0 aliphatic heterocycles. The van der Waals surface area contributed by atoms with Gasteiger partial charge in [0, 0.05) is 37.4 Å². The predicted octanol–water partition coefficient (Wildman–Crippen LogP) is 4.41. The Balaban J connectivity index is 0.00000136. The summed E-state index contributed by atoms with van der Waals surface area (Å²) >= 11 is 0. The van der Waals surface area contributed by atoms with Crippen molar-refractivity contribution in [3.05, 3.63) is 71.6 Å². The van der Waals surface area contributed by atoms with Gasteiger partial charge in [0.2, 0.25) is 0 Å². The first kappa shape index (κ1) is 21.2. The molecule has 146 valence electrons. The van der Waals surface area contributed by atoms with Crippen LogP contribution in [0.5, 0.6) is 0 Å². The topological polar surface area (TPSA) is 71.9 Å². The fraction of sp³-hybridized carbons (Fsp3) is 0.318. The smallest absolute Gasteiger partial charge is 0.254 e. The predicted molar refractivity (Wildman–Crippen MR) is 111 cm³/mol. The third-order valence-electron chi connectivity index (χ3n) is 4.30. The Kier molecular flexibility index (Phi) is 7.32. The Morgan fingerprint density at radius 1 is 0.929 bits per heavy atom. The SMILES string of the molecule is CC.Cc1cc(C)cc(C(=O)N(C)C(C)c2nccnc2-c2cnccn2)c1.